The van der Waals surface area contributed by atoms with E-state index >= 15 is 0 Å². The zero-order valence-corrected chi connectivity index (χ0v) is 14.0. The summed E-state index contributed by atoms with van der Waals surface area (Å²) in [5, 5.41) is 9.44. The van der Waals surface area contributed by atoms with Crippen molar-refractivity contribution in [3.63, 3.8) is 0 Å². The summed E-state index contributed by atoms with van der Waals surface area (Å²) in [5.74, 6) is 0.652. The van der Waals surface area contributed by atoms with Crippen molar-refractivity contribution in [3.8, 4) is 5.75 Å². The second kappa shape index (κ2) is 5.99. The van der Waals surface area contributed by atoms with E-state index in [9.17, 15) is 9.59 Å². The van der Waals surface area contributed by atoms with Crippen LogP contribution in [0.15, 0.2) is 22.7 Å². The number of carbonyl (C=O) groups is 2. The van der Waals surface area contributed by atoms with Crippen molar-refractivity contribution in [2.75, 3.05) is 10.6 Å². The number of fused-ring (bicyclic) bond motifs is 1. The normalized spacial score (nSPS) is 16.4. The molecule has 0 radical (unpaired) electrons. The van der Waals surface area contributed by atoms with Crippen molar-refractivity contribution in [1.82, 2.24) is 5.16 Å². The van der Waals surface area contributed by atoms with Gasteiger partial charge in [-0.25, -0.2) is 0 Å². The Morgan fingerprint density at radius 2 is 2.12 bits per heavy atom. The zero-order valence-electron chi connectivity index (χ0n) is 14.0. The van der Waals surface area contributed by atoms with Crippen LogP contribution in [0.3, 0.4) is 0 Å². The zero-order chi connectivity index (χ0) is 17.4. The Hall–Kier alpha value is -2.83. The lowest BCUT2D eigenvalue weighted by atomic mass is 10.0. The maximum Gasteiger partial charge on any atom is 0.265 e. The molecule has 2 heterocycles. The minimum atomic E-state index is -0.536. The SMILES string of the molecule is Cc1noc(C(C)C)c1C(=O)Nc1ccc2c(c1)NC(=O)[C@H](C)O2. The van der Waals surface area contributed by atoms with Crippen LogP contribution in [-0.2, 0) is 4.79 Å². The number of hydrogen-bond acceptors (Lipinski definition) is 5. The molecular weight excluding hydrogens is 310 g/mol. The molecule has 7 heteroatoms. The molecule has 0 saturated heterocycles. The molecule has 2 amide bonds. The lowest BCUT2D eigenvalue weighted by Crippen LogP contribution is -2.34. The molecule has 0 unspecified atom stereocenters. The molecule has 1 aliphatic rings. The van der Waals surface area contributed by atoms with Gasteiger partial charge in [0, 0.05) is 11.6 Å². The van der Waals surface area contributed by atoms with E-state index in [1.807, 2.05) is 13.8 Å². The van der Waals surface area contributed by atoms with E-state index in [4.69, 9.17) is 9.26 Å². The predicted molar refractivity (Wildman–Crippen MR) is 88.4 cm³/mol. The number of nitrogens with one attached hydrogen (secondary N) is 2. The highest BCUT2D eigenvalue weighted by Gasteiger charge is 2.25. The first-order valence-corrected chi connectivity index (χ1v) is 7.76. The van der Waals surface area contributed by atoms with Crippen LogP contribution in [0.25, 0.3) is 0 Å². The fraction of sp³-hybridized carbons (Fsp3) is 0.353. The van der Waals surface area contributed by atoms with Crippen molar-refractivity contribution in [1.29, 1.82) is 0 Å². The third-order valence-corrected chi connectivity index (χ3v) is 3.81. The summed E-state index contributed by atoms with van der Waals surface area (Å²) in [4.78, 5) is 24.3. The summed E-state index contributed by atoms with van der Waals surface area (Å²) in [7, 11) is 0. The van der Waals surface area contributed by atoms with Crippen LogP contribution in [0, 0.1) is 6.92 Å². The fourth-order valence-corrected chi connectivity index (χ4v) is 2.54. The summed E-state index contributed by atoms with van der Waals surface area (Å²) in [5.41, 5.74) is 2.06. The Morgan fingerprint density at radius 3 is 2.83 bits per heavy atom. The third kappa shape index (κ3) is 2.84. The maximum absolute atomic E-state index is 12.6. The molecule has 0 bridgehead atoms. The van der Waals surface area contributed by atoms with Gasteiger partial charge in [-0.15, -0.1) is 0 Å². The van der Waals surface area contributed by atoms with E-state index in [0.29, 0.717) is 34.1 Å². The molecular formula is C17H19N3O4. The second-order valence-electron chi connectivity index (χ2n) is 6.08. The Kier molecular flexibility index (Phi) is 4.01. The monoisotopic (exact) mass is 329 g/mol. The maximum atomic E-state index is 12.6. The second-order valence-corrected chi connectivity index (χ2v) is 6.08. The highest BCUT2D eigenvalue weighted by Crippen LogP contribution is 2.32. The van der Waals surface area contributed by atoms with Gasteiger partial charge in [-0.05, 0) is 32.0 Å². The first-order valence-electron chi connectivity index (χ1n) is 7.76. The topological polar surface area (TPSA) is 93.5 Å². The van der Waals surface area contributed by atoms with Gasteiger partial charge in [-0.2, -0.15) is 0 Å². The summed E-state index contributed by atoms with van der Waals surface area (Å²) >= 11 is 0. The summed E-state index contributed by atoms with van der Waals surface area (Å²) in [6.07, 6.45) is -0.536. The van der Waals surface area contributed by atoms with Gasteiger partial charge < -0.3 is 19.9 Å². The van der Waals surface area contributed by atoms with Gasteiger partial charge in [0.25, 0.3) is 11.8 Å². The average Bonchev–Trinajstić information content (AvgIpc) is 2.91. The number of anilines is 2. The number of nitrogens with zero attached hydrogens (tertiary/aromatic N) is 1. The number of aryl methyl sites for hydroxylation is 1. The van der Waals surface area contributed by atoms with E-state index in [1.54, 1.807) is 32.0 Å². The summed E-state index contributed by atoms with van der Waals surface area (Å²) < 4.78 is 10.7. The van der Waals surface area contributed by atoms with Crippen molar-refractivity contribution < 1.29 is 18.8 Å². The smallest absolute Gasteiger partial charge is 0.265 e. The van der Waals surface area contributed by atoms with E-state index in [2.05, 4.69) is 15.8 Å². The number of ether oxygens (including phenoxy) is 1. The number of carbonyl (C=O) groups excluding carboxylic acids is 2. The number of benzene rings is 1. The van der Waals surface area contributed by atoms with Crippen molar-refractivity contribution in [2.45, 2.75) is 39.7 Å². The number of hydrogen-bond donors (Lipinski definition) is 2. The minimum Gasteiger partial charge on any atom is -0.479 e. The highest BCUT2D eigenvalue weighted by atomic mass is 16.5. The van der Waals surface area contributed by atoms with E-state index in [-0.39, 0.29) is 17.7 Å². The lowest BCUT2D eigenvalue weighted by Gasteiger charge is -2.23. The van der Waals surface area contributed by atoms with Crippen LogP contribution in [0.4, 0.5) is 11.4 Å². The van der Waals surface area contributed by atoms with Crippen molar-refractivity contribution in [2.24, 2.45) is 0 Å². The quantitative estimate of drug-likeness (QED) is 0.902. The van der Waals surface area contributed by atoms with Gasteiger partial charge in [0.15, 0.2) is 11.9 Å². The Labute approximate surface area is 139 Å². The Balaban J connectivity index is 1.85. The molecule has 1 aromatic heterocycles. The van der Waals surface area contributed by atoms with Crippen LogP contribution in [0.5, 0.6) is 5.75 Å². The van der Waals surface area contributed by atoms with Gasteiger partial charge in [0.05, 0.1) is 11.4 Å². The molecule has 0 aliphatic carbocycles. The molecule has 7 nitrogen and oxygen atoms in total. The van der Waals surface area contributed by atoms with Crippen LogP contribution in [-0.4, -0.2) is 23.1 Å². The minimum absolute atomic E-state index is 0.0460. The van der Waals surface area contributed by atoms with Gasteiger partial charge in [0.2, 0.25) is 0 Å². The Morgan fingerprint density at radius 1 is 1.38 bits per heavy atom. The van der Waals surface area contributed by atoms with Gasteiger partial charge in [-0.1, -0.05) is 19.0 Å². The van der Waals surface area contributed by atoms with Crippen molar-refractivity contribution >= 4 is 23.2 Å². The largest absolute Gasteiger partial charge is 0.479 e. The van der Waals surface area contributed by atoms with E-state index in [0.717, 1.165) is 0 Å². The predicted octanol–water partition coefficient (Wildman–Crippen LogP) is 3.08. The van der Waals surface area contributed by atoms with Crippen LogP contribution < -0.4 is 15.4 Å². The highest BCUT2D eigenvalue weighted by molar-refractivity contribution is 6.06. The van der Waals surface area contributed by atoms with Crippen LogP contribution >= 0.6 is 0 Å². The summed E-state index contributed by atoms with van der Waals surface area (Å²) in [6.45, 7) is 7.27. The molecule has 0 saturated carbocycles. The molecule has 1 aliphatic heterocycles. The molecule has 1 atom stereocenters. The van der Waals surface area contributed by atoms with Gasteiger partial charge in [-0.3, -0.25) is 9.59 Å². The first kappa shape index (κ1) is 16.0. The molecule has 2 N–H and O–H groups in total. The molecule has 0 fully saturated rings. The van der Waals surface area contributed by atoms with E-state index < -0.39 is 6.10 Å². The van der Waals surface area contributed by atoms with Crippen molar-refractivity contribution in [3.05, 3.63) is 35.2 Å². The van der Waals surface area contributed by atoms with E-state index in [1.165, 1.54) is 0 Å². The third-order valence-electron chi connectivity index (χ3n) is 3.81. The van der Waals surface area contributed by atoms with Gasteiger partial charge in [0.1, 0.15) is 11.3 Å². The van der Waals surface area contributed by atoms with Crippen LogP contribution in [0.2, 0.25) is 0 Å². The molecule has 3 rings (SSSR count). The standard InChI is InChI=1S/C17H19N3O4/c1-8(2)15-14(9(3)20-24-15)17(22)18-11-5-6-13-12(7-11)19-16(21)10(4)23-13/h5-8,10H,1-4H3,(H,18,22)(H,19,21)/t10-/m0/s1. The fourth-order valence-electron chi connectivity index (χ4n) is 2.54. The number of aromatic nitrogens is 1. The van der Waals surface area contributed by atoms with Gasteiger partial charge >= 0.3 is 0 Å². The number of amides is 2. The lowest BCUT2D eigenvalue weighted by molar-refractivity contribution is -0.122. The average molecular weight is 329 g/mol. The molecule has 0 spiro atoms. The van der Waals surface area contributed by atoms with Crippen LogP contribution in [0.1, 0.15) is 48.5 Å². The Bertz CT molecular complexity index is 810. The first-order chi connectivity index (χ1) is 11.4. The number of rotatable bonds is 3. The molecule has 2 aromatic rings. The molecule has 24 heavy (non-hydrogen) atoms. The summed E-state index contributed by atoms with van der Waals surface area (Å²) in [6, 6.07) is 5.10. The molecule has 126 valence electrons. The molecule has 1 aromatic carbocycles.